The van der Waals surface area contributed by atoms with Gasteiger partial charge >= 0.3 is 0 Å². The first-order chi connectivity index (χ1) is 8.05. The molecule has 17 heavy (non-hydrogen) atoms. The summed E-state index contributed by atoms with van der Waals surface area (Å²) in [5.74, 6) is 1.00. The zero-order chi connectivity index (χ0) is 12.3. The summed E-state index contributed by atoms with van der Waals surface area (Å²) >= 11 is 0. The highest BCUT2D eigenvalue weighted by atomic mass is 15.1. The second-order valence-electron chi connectivity index (χ2n) is 6.68. The molecule has 0 saturated heterocycles. The number of hydrogen-bond donors (Lipinski definition) is 1. The summed E-state index contributed by atoms with van der Waals surface area (Å²) in [6.07, 6.45) is 6.61. The van der Waals surface area contributed by atoms with E-state index in [9.17, 15) is 0 Å². The van der Waals surface area contributed by atoms with Crippen LogP contribution in [0.1, 0.15) is 40.0 Å². The van der Waals surface area contributed by atoms with E-state index in [1.54, 1.807) is 5.57 Å². The number of rotatable bonds is 5. The Kier molecular flexibility index (Phi) is 4.26. The van der Waals surface area contributed by atoms with Crippen LogP contribution in [0.4, 0.5) is 0 Å². The Morgan fingerprint density at radius 1 is 1.35 bits per heavy atom. The average Bonchev–Trinajstić information content (AvgIpc) is 3.08. The molecular formula is C15H28N2. The fraction of sp³-hybridized carbons (Fsp3) is 0.867. The summed E-state index contributed by atoms with van der Waals surface area (Å²) in [7, 11) is 0. The normalized spacial score (nSPS) is 22.6. The van der Waals surface area contributed by atoms with Crippen LogP contribution in [0.3, 0.4) is 0 Å². The van der Waals surface area contributed by atoms with Crippen LogP contribution in [0.5, 0.6) is 0 Å². The Labute approximate surface area is 106 Å². The lowest BCUT2D eigenvalue weighted by Gasteiger charge is -2.32. The Balaban J connectivity index is 1.62. The molecule has 2 aliphatic rings. The van der Waals surface area contributed by atoms with Crippen molar-refractivity contribution in [2.24, 2.45) is 11.3 Å². The van der Waals surface area contributed by atoms with Crippen molar-refractivity contribution in [1.82, 2.24) is 10.2 Å². The van der Waals surface area contributed by atoms with Crippen molar-refractivity contribution in [3.8, 4) is 0 Å². The Hall–Kier alpha value is -0.340. The molecule has 1 saturated carbocycles. The van der Waals surface area contributed by atoms with E-state index < -0.39 is 0 Å². The van der Waals surface area contributed by atoms with Gasteiger partial charge in [-0.05, 0) is 37.1 Å². The van der Waals surface area contributed by atoms with Crippen LogP contribution in [0.2, 0.25) is 0 Å². The van der Waals surface area contributed by atoms with Gasteiger partial charge < -0.3 is 5.32 Å². The third kappa shape index (κ3) is 4.44. The standard InChI is InChI=1S/C15H28N2/c1-15(2,3)14-6-9-17(10-7-14)11-8-16-12-13-4-5-13/h6,13,16H,4-5,7-12H2,1-3H3. The predicted octanol–water partition coefficient (Wildman–Crippen LogP) is 2.66. The lowest BCUT2D eigenvalue weighted by molar-refractivity contribution is 0.278. The van der Waals surface area contributed by atoms with Crippen molar-refractivity contribution in [1.29, 1.82) is 0 Å². The summed E-state index contributed by atoms with van der Waals surface area (Å²) in [6, 6.07) is 0. The molecule has 0 aromatic heterocycles. The molecule has 2 nitrogen and oxygen atoms in total. The molecule has 2 rings (SSSR count). The van der Waals surface area contributed by atoms with Gasteiger partial charge in [-0.1, -0.05) is 32.4 Å². The van der Waals surface area contributed by atoms with Crippen molar-refractivity contribution in [3.63, 3.8) is 0 Å². The number of hydrogen-bond acceptors (Lipinski definition) is 2. The smallest absolute Gasteiger partial charge is 0.0166 e. The maximum absolute atomic E-state index is 3.57. The largest absolute Gasteiger partial charge is 0.315 e. The van der Waals surface area contributed by atoms with Gasteiger partial charge in [0.1, 0.15) is 0 Å². The Bertz CT molecular complexity index is 271. The summed E-state index contributed by atoms with van der Waals surface area (Å²) in [4.78, 5) is 2.56. The van der Waals surface area contributed by atoms with E-state index in [-0.39, 0.29) is 0 Å². The monoisotopic (exact) mass is 236 g/mol. The molecule has 0 unspecified atom stereocenters. The lowest BCUT2D eigenvalue weighted by atomic mass is 9.83. The first-order valence-electron chi connectivity index (χ1n) is 7.18. The number of nitrogens with zero attached hydrogens (tertiary/aromatic N) is 1. The minimum Gasteiger partial charge on any atom is -0.315 e. The molecule has 1 aliphatic heterocycles. The van der Waals surface area contributed by atoms with Crippen molar-refractivity contribution >= 4 is 0 Å². The van der Waals surface area contributed by atoms with E-state index in [1.807, 2.05) is 0 Å². The molecule has 1 heterocycles. The van der Waals surface area contributed by atoms with Crippen LogP contribution in [0, 0.1) is 11.3 Å². The minimum absolute atomic E-state index is 0.371. The van der Waals surface area contributed by atoms with E-state index >= 15 is 0 Å². The molecule has 0 atom stereocenters. The van der Waals surface area contributed by atoms with Crippen LogP contribution >= 0.6 is 0 Å². The molecule has 0 amide bonds. The molecule has 2 heteroatoms. The van der Waals surface area contributed by atoms with E-state index in [1.165, 1.54) is 38.9 Å². The molecule has 0 radical (unpaired) electrons. The molecule has 0 aromatic carbocycles. The van der Waals surface area contributed by atoms with E-state index in [0.29, 0.717) is 5.41 Å². The molecule has 0 aromatic rings. The third-order valence-electron chi connectivity index (χ3n) is 3.99. The molecule has 98 valence electrons. The van der Waals surface area contributed by atoms with E-state index in [0.717, 1.165) is 19.0 Å². The van der Waals surface area contributed by atoms with Crippen molar-refractivity contribution in [3.05, 3.63) is 11.6 Å². The van der Waals surface area contributed by atoms with Gasteiger partial charge in [-0.25, -0.2) is 0 Å². The lowest BCUT2D eigenvalue weighted by Crippen LogP contribution is -2.36. The van der Waals surface area contributed by atoms with Crippen LogP contribution in [0.25, 0.3) is 0 Å². The summed E-state index contributed by atoms with van der Waals surface area (Å²) < 4.78 is 0. The SMILES string of the molecule is CC(C)(C)C1=CCN(CCNCC2CC2)CC1. The van der Waals surface area contributed by atoms with Gasteiger partial charge in [0, 0.05) is 26.2 Å². The fourth-order valence-electron chi connectivity index (χ4n) is 2.46. The van der Waals surface area contributed by atoms with Gasteiger partial charge in [0.2, 0.25) is 0 Å². The molecular weight excluding hydrogens is 208 g/mol. The van der Waals surface area contributed by atoms with Gasteiger partial charge in [0.15, 0.2) is 0 Å². The predicted molar refractivity (Wildman–Crippen MR) is 74.2 cm³/mol. The summed E-state index contributed by atoms with van der Waals surface area (Å²) in [6.45, 7) is 13.0. The Morgan fingerprint density at radius 3 is 2.65 bits per heavy atom. The highest BCUT2D eigenvalue weighted by Gasteiger charge is 2.22. The van der Waals surface area contributed by atoms with Gasteiger partial charge in [-0.3, -0.25) is 4.90 Å². The molecule has 1 fully saturated rings. The second-order valence-corrected chi connectivity index (χ2v) is 6.68. The van der Waals surface area contributed by atoms with Gasteiger partial charge in [-0.15, -0.1) is 0 Å². The third-order valence-corrected chi connectivity index (χ3v) is 3.99. The molecule has 1 N–H and O–H groups in total. The first kappa shape index (κ1) is 13.1. The maximum atomic E-state index is 3.57. The zero-order valence-corrected chi connectivity index (χ0v) is 11.8. The quantitative estimate of drug-likeness (QED) is 0.583. The van der Waals surface area contributed by atoms with Crippen LogP contribution in [-0.4, -0.2) is 37.6 Å². The maximum Gasteiger partial charge on any atom is 0.0166 e. The van der Waals surface area contributed by atoms with Crippen molar-refractivity contribution in [2.75, 3.05) is 32.7 Å². The minimum atomic E-state index is 0.371. The van der Waals surface area contributed by atoms with Gasteiger partial charge in [0.25, 0.3) is 0 Å². The fourth-order valence-corrected chi connectivity index (χ4v) is 2.46. The summed E-state index contributed by atoms with van der Waals surface area (Å²) in [5, 5.41) is 3.57. The summed E-state index contributed by atoms with van der Waals surface area (Å²) in [5.41, 5.74) is 2.01. The molecule has 0 spiro atoms. The highest BCUT2D eigenvalue weighted by Crippen LogP contribution is 2.30. The van der Waals surface area contributed by atoms with Gasteiger partial charge in [-0.2, -0.15) is 0 Å². The van der Waals surface area contributed by atoms with Crippen molar-refractivity contribution < 1.29 is 0 Å². The highest BCUT2D eigenvalue weighted by molar-refractivity contribution is 5.14. The second kappa shape index (κ2) is 5.53. The average molecular weight is 236 g/mol. The zero-order valence-electron chi connectivity index (χ0n) is 11.8. The molecule has 0 bridgehead atoms. The van der Waals surface area contributed by atoms with E-state index in [2.05, 4.69) is 37.1 Å². The van der Waals surface area contributed by atoms with E-state index in [4.69, 9.17) is 0 Å². The van der Waals surface area contributed by atoms with Gasteiger partial charge in [0.05, 0.1) is 0 Å². The number of nitrogens with one attached hydrogen (secondary N) is 1. The van der Waals surface area contributed by atoms with Crippen LogP contribution in [-0.2, 0) is 0 Å². The van der Waals surface area contributed by atoms with Crippen LogP contribution < -0.4 is 5.32 Å². The Morgan fingerprint density at radius 2 is 2.12 bits per heavy atom. The molecule has 1 aliphatic carbocycles. The first-order valence-corrected chi connectivity index (χ1v) is 7.18. The van der Waals surface area contributed by atoms with Crippen molar-refractivity contribution in [2.45, 2.75) is 40.0 Å². The van der Waals surface area contributed by atoms with Crippen LogP contribution in [0.15, 0.2) is 11.6 Å². The topological polar surface area (TPSA) is 15.3 Å².